The topological polar surface area (TPSA) is 99.1 Å². The second-order valence-corrected chi connectivity index (χ2v) is 10.9. The van der Waals surface area contributed by atoms with Gasteiger partial charge in [0.15, 0.2) is 0 Å². The van der Waals surface area contributed by atoms with E-state index in [9.17, 15) is 27.6 Å². The maximum absolute atomic E-state index is 14.1. The summed E-state index contributed by atoms with van der Waals surface area (Å²) in [7, 11) is 0. The van der Waals surface area contributed by atoms with E-state index in [0.717, 1.165) is 43.4 Å². The summed E-state index contributed by atoms with van der Waals surface area (Å²) in [5.41, 5.74) is -0.288. The van der Waals surface area contributed by atoms with Crippen LogP contribution in [0, 0.1) is 5.92 Å². The maximum Gasteiger partial charge on any atom is 0.416 e. The minimum atomic E-state index is -4.54. The minimum Gasteiger partial charge on any atom is -0.481 e. The lowest BCUT2D eigenvalue weighted by molar-refractivity contribution is -0.138. The zero-order chi connectivity index (χ0) is 29.8. The second kappa shape index (κ2) is 12.4. The predicted molar refractivity (Wildman–Crippen MR) is 148 cm³/mol. The van der Waals surface area contributed by atoms with Crippen LogP contribution < -0.4 is 5.32 Å². The third kappa shape index (κ3) is 6.63. The number of benzene rings is 2. The summed E-state index contributed by atoms with van der Waals surface area (Å²) in [6.45, 7) is 4.15. The van der Waals surface area contributed by atoms with Gasteiger partial charge in [-0.25, -0.2) is 0 Å². The van der Waals surface area contributed by atoms with Gasteiger partial charge in [-0.05, 0) is 67.9 Å². The quantitative estimate of drug-likeness (QED) is 0.346. The molecule has 1 aliphatic carbocycles. The van der Waals surface area contributed by atoms with Crippen LogP contribution in [-0.4, -0.2) is 45.7 Å². The first-order valence-corrected chi connectivity index (χ1v) is 14.2. The Morgan fingerprint density at radius 3 is 2.39 bits per heavy atom. The molecule has 1 spiro atoms. The zero-order valence-electron chi connectivity index (χ0n) is 23.3. The summed E-state index contributed by atoms with van der Waals surface area (Å²) in [5, 5.41) is 11.4. The van der Waals surface area contributed by atoms with Crippen LogP contribution in [0.5, 0.6) is 0 Å². The minimum absolute atomic E-state index is 0.00753. The smallest absolute Gasteiger partial charge is 0.416 e. The van der Waals surface area contributed by atoms with E-state index < -0.39 is 29.3 Å². The number of aliphatic carboxylic acids is 1. The number of hydrogen-bond donors (Lipinski definition) is 2. The molecule has 1 fully saturated rings. The first-order valence-electron chi connectivity index (χ1n) is 14.2. The van der Waals surface area contributed by atoms with E-state index in [2.05, 4.69) is 12.2 Å². The highest BCUT2D eigenvalue weighted by Gasteiger charge is 2.51. The summed E-state index contributed by atoms with van der Waals surface area (Å²) in [6.07, 6.45) is 0.646. The highest BCUT2D eigenvalue weighted by Crippen LogP contribution is 2.47. The number of carbonyl (C=O) groups is 3. The molecule has 1 heterocycles. The SMILES string of the molecule is CCCC(c1ccc(C(=O)NCCC(=O)O)cc1)N1C(=O)C(c2cccc(C(F)(F)F)c2)=NC12CCC(CC)CC2. The Bertz CT molecular complexity index is 1300. The molecule has 0 bridgehead atoms. The summed E-state index contributed by atoms with van der Waals surface area (Å²) < 4.78 is 40.5. The van der Waals surface area contributed by atoms with Crippen LogP contribution in [0.1, 0.15) is 98.3 Å². The number of carboxylic acids is 1. The molecule has 41 heavy (non-hydrogen) atoms. The average Bonchev–Trinajstić information content (AvgIpc) is 3.22. The fraction of sp³-hybridized carbons (Fsp3) is 0.484. The highest BCUT2D eigenvalue weighted by atomic mass is 19.4. The second-order valence-electron chi connectivity index (χ2n) is 10.9. The van der Waals surface area contributed by atoms with Crippen LogP contribution >= 0.6 is 0 Å². The van der Waals surface area contributed by atoms with E-state index in [0.29, 0.717) is 30.7 Å². The number of nitrogens with zero attached hydrogens (tertiary/aromatic N) is 2. The average molecular weight is 572 g/mol. The molecule has 4 rings (SSSR count). The molecule has 2 aromatic rings. The van der Waals surface area contributed by atoms with Crippen molar-refractivity contribution in [1.29, 1.82) is 0 Å². The zero-order valence-corrected chi connectivity index (χ0v) is 23.3. The fourth-order valence-corrected chi connectivity index (χ4v) is 5.94. The Labute approximate surface area is 237 Å². The molecule has 1 unspecified atom stereocenters. The van der Waals surface area contributed by atoms with Crippen LogP contribution in [0.4, 0.5) is 13.2 Å². The Morgan fingerprint density at radius 2 is 1.80 bits per heavy atom. The number of aliphatic imine (C=N–C) groups is 1. The van der Waals surface area contributed by atoms with E-state index in [1.165, 1.54) is 12.1 Å². The number of halogens is 3. The molecular weight excluding hydrogens is 535 g/mol. The summed E-state index contributed by atoms with van der Waals surface area (Å²) in [6, 6.07) is 11.3. The highest BCUT2D eigenvalue weighted by molar-refractivity contribution is 6.46. The van der Waals surface area contributed by atoms with Gasteiger partial charge in [0.25, 0.3) is 11.8 Å². The molecule has 7 nitrogen and oxygen atoms in total. The number of hydrogen-bond acceptors (Lipinski definition) is 4. The van der Waals surface area contributed by atoms with Crippen molar-refractivity contribution in [3.05, 3.63) is 70.8 Å². The number of nitrogens with one attached hydrogen (secondary N) is 1. The van der Waals surface area contributed by atoms with E-state index in [-0.39, 0.29) is 36.2 Å². The van der Waals surface area contributed by atoms with E-state index in [4.69, 9.17) is 10.1 Å². The molecule has 2 aliphatic rings. The van der Waals surface area contributed by atoms with Crippen molar-refractivity contribution in [2.24, 2.45) is 10.9 Å². The van der Waals surface area contributed by atoms with Gasteiger partial charge >= 0.3 is 12.1 Å². The molecule has 2 amide bonds. The van der Waals surface area contributed by atoms with Crippen molar-refractivity contribution in [2.45, 2.75) is 83.1 Å². The Morgan fingerprint density at radius 1 is 1.12 bits per heavy atom. The van der Waals surface area contributed by atoms with Gasteiger partial charge in [-0.15, -0.1) is 0 Å². The lowest BCUT2D eigenvalue weighted by atomic mass is 9.79. The van der Waals surface area contributed by atoms with Gasteiger partial charge in [0.1, 0.15) is 11.4 Å². The molecule has 0 aromatic heterocycles. The molecule has 0 saturated heterocycles. The number of carboxylic acid groups (broad SMARTS) is 1. The summed E-state index contributed by atoms with van der Waals surface area (Å²) >= 11 is 0. The van der Waals surface area contributed by atoms with Gasteiger partial charge in [-0.1, -0.05) is 51.0 Å². The van der Waals surface area contributed by atoms with Gasteiger partial charge in [0.2, 0.25) is 0 Å². The van der Waals surface area contributed by atoms with E-state index in [1.54, 1.807) is 29.2 Å². The molecule has 1 aliphatic heterocycles. The molecule has 0 radical (unpaired) electrons. The first-order chi connectivity index (χ1) is 19.5. The van der Waals surface area contributed by atoms with Crippen molar-refractivity contribution in [3.8, 4) is 0 Å². The molecule has 1 atom stereocenters. The van der Waals surface area contributed by atoms with Crippen molar-refractivity contribution in [2.75, 3.05) is 6.54 Å². The number of rotatable bonds is 10. The maximum atomic E-state index is 14.1. The monoisotopic (exact) mass is 571 g/mol. The van der Waals surface area contributed by atoms with E-state index >= 15 is 0 Å². The van der Waals surface area contributed by atoms with E-state index in [1.807, 2.05) is 6.92 Å². The normalized spacial score (nSPS) is 21.6. The van der Waals surface area contributed by atoms with Gasteiger partial charge in [-0.3, -0.25) is 19.4 Å². The molecule has 2 N–H and O–H groups in total. The van der Waals surface area contributed by atoms with Crippen molar-refractivity contribution in [3.63, 3.8) is 0 Å². The van der Waals surface area contributed by atoms with Gasteiger partial charge in [-0.2, -0.15) is 13.2 Å². The lowest BCUT2D eigenvalue weighted by Gasteiger charge is -2.45. The van der Waals surface area contributed by atoms with Crippen molar-refractivity contribution >= 4 is 23.5 Å². The Hall–Kier alpha value is -3.69. The van der Waals surface area contributed by atoms with Crippen LogP contribution in [-0.2, 0) is 15.8 Å². The van der Waals surface area contributed by atoms with Crippen molar-refractivity contribution in [1.82, 2.24) is 10.2 Å². The standard InChI is InChI=1S/C31H36F3N3O4/c1-3-6-25(21-9-11-22(12-10-21)28(40)35-18-15-26(38)39)37-29(41)27(23-7-5-8-24(19-23)31(32,33)34)36-30(37)16-13-20(4-2)14-17-30/h5,7-12,19-20,25H,3-4,6,13-18H2,1-2H3,(H,35,40)(H,38,39). The predicted octanol–water partition coefficient (Wildman–Crippen LogP) is 6.38. The first kappa shape index (κ1) is 30.3. The molecule has 2 aromatic carbocycles. The molecule has 1 saturated carbocycles. The number of carbonyl (C=O) groups excluding carboxylic acids is 2. The van der Waals surface area contributed by atoms with Gasteiger partial charge in [0.05, 0.1) is 18.0 Å². The molecule has 10 heteroatoms. The van der Waals surface area contributed by atoms with Crippen LogP contribution in [0.2, 0.25) is 0 Å². The van der Waals surface area contributed by atoms with Gasteiger partial charge < -0.3 is 15.3 Å². The number of alkyl halides is 3. The van der Waals surface area contributed by atoms with Crippen LogP contribution in [0.15, 0.2) is 53.5 Å². The molecular formula is C31H36F3N3O4. The van der Waals surface area contributed by atoms with Crippen molar-refractivity contribution < 1.29 is 32.7 Å². The number of amides is 2. The summed E-state index contributed by atoms with van der Waals surface area (Å²) in [5.74, 6) is -1.28. The van der Waals surface area contributed by atoms with Crippen LogP contribution in [0.3, 0.4) is 0 Å². The Kier molecular flexibility index (Phi) is 9.19. The van der Waals surface area contributed by atoms with Gasteiger partial charge in [0, 0.05) is 17.7 Å². The Balaban J connectivity index is 1.69. The fourth-order valence-electron chi connectivity index (χ4n) is 5.94. The molecule has 220 valence electrons. The summed E-state index contributed by atoms with van der Waals surface area (Å²) in [4.78, 5) is 44.1. The lowest BCUT2D eigenvalue weighted by Crippen LogP contribution is -2.50. The van der Waals surface area contributed by atoms with Crippen LogP contribution in [0.25, 0.3) is 0 Å². The third-order valence-corrected chi connectivity index (χ3v) is 8.19. The third-order valence-electron chi connectivity index (χ3n) is 8.19. The largest absolute Gasteiger partial charge is 0.481 e.